The van der Waals surface area contributed by atoms with E-state index >= 15 is 0 Å². The highest BCUT2D eigenvalue weighted by atomic mass is 35.5. The summed E-state index contributed by atoms with van der Waals surface area (Å²) in [4.78, 5) is 12.2. The van der Waals surface area contributed by atoms with Gasteiger partial charge in [0, 0.05) is 31.1 Å². The van der Waals surface area contributed by atoms with Crippen LogP contribution in [0.4, 0.5) is 0 Å². The largest absolute Gasteiger partial charge is 0.493 e. The number of carbonyl (C=O) groups excluding carboxylic acids is 1. The molecule has 2 rings (SSSR count). The highest BCUT2D eigenvalue weighted by Crippen LogP contribution is 2.28. The Labute approximate surface area is 142 Å². The highest BCUT2D eigenvalue weighted by molar-refractivity contribution is 5.94. The van der Waals surface area contributed by atoms with E-state index in [0.29, 0.717) is 43.3 Å². The zero-order valence-electron chi connectivity index (χ0n) is 13.1. The number of aliphatic hydroxyl groups excluding tert-OH is 1. The van der Waals surface area contributed by atoms with Crippen LogP contribution in [0.1, 0.15) is 10.4 Å². The number of hydrogen-bond donors (Lipinski definition) is 3. The third-order valence-corrected chi connectivity index (χ3v) is 3.61. The van der Waals surface area contributed by atoms with Crippen molar-refractivity contribution in [1.82, 2.24) is 10.6 Å². The molecule has 0 aliphatic carbocycles. The number of amides is 1. The van der Waals surface area contributed by atoms with Crippen molar-refractivity contribution in [2.75, 3.05) is 33.4 Å². The van der Waals surface area contributed by atoms with E-state index in [1.807, 2.05) is 0 Å². The number of β-amino-alcohol motifs (C(OH)–C–C–N with tert-alkyl or cyclic N) is 1. The number of carbonyl (C=O) groups is 1. The van der Waals surface area contributed by atoms with Gasteiger partial charge in [-0.25, -0.2) is 0 Å². The van der Waals surface area contributed by atoms with Crippen LogP contribution in [0.3, 0.4) is 0 Å². The van der Waals surface area contributed by atoms with Gasteiger partial charge in [-0.05, 0) is 18.2 Å². The fraction of sp³-hybridized carbons (Fsp3) is 0.438. The van der Waals surface area contributed by atoms with E-state index in [4.69, 9.17) is 9.47 Å². The molecule has 0 radical (unpaired) electrons. The fourth-order valence-electron chi connectivity index (χ4n) is 2.33. The zero-order valence-corrected chi connectivity index (χ0v) is 13.9. The molecule has 3 N–H and O–H groups in total. The highest BCUT2D eigenvalue weighted by Gasteiger charge is 2.25. The monoisotopic (exact) mass is 342 g/mol. The van der Waals surface area contributed by atoms with Crippen LogP contribution in [-0.4, -0.2) is 50.5 Å². The molecule has 1 aliphatic heterocycles. The quantitative estimate of drug-likeness (QED) is 0.644. The molecule has 7 heteroatoms. The number of ether oxygens (including phenoxy) is 2. The van der Waals surface area contributed by atoms with Crippen LogP contribution in [0.25, 0.3) is 0 Å². The van der Waals surface area contributed by atoms with Gasteiger partial charge in [-0.1, -0.05) is 12.7 Å². The summed E-state index contributed by atoms with van der Waals surface area (Å²) in [5.41, 5.74) is 0.489. The van der Waals surface area contributed by atoms with Gasteiger partial charge in [0.25, 0.3) is 5.91 Å². The van der Waals surface area contributed by atoms with E-state index in [1.54, 1.807) is 24.3 Å². The maximum absolute atomic E-state index is 12.2. The standard InChI is InChI=1S/C16H22N2O4.ClH/c1-3-6-22-14-5-4-11(7-15(14)21-2)16(20)18-9-12-8-17-10-13(12)19;/h3-5,7,12-13,17,19H,1,6,8-10H2,2H3,(H,18,20);1H. The topological polar surface area (TPSA) is 79.8 Å². The smallest absolute Gasteiger partial charge is 0.251 e. The Balaban J connectivity index is 0.00000264. The molecule has 1 fully saturated rings. The summed E-state index contributed by atoms with van der Waals surface area (Å²) in [5, 5.41) is 15.6. The molecule has 0 saturated carbocycles. The summed E-state index contributed by atoms with van der Waals surface area (Å²) in [5.74, 6) is 0.903. The molecule has 1 aromatic carbocycles. The molecular weight excluding hydrogens is 320 g/mol. The first kappa shape index (κ1) is 19.3. The van der Waals surface area contributed by atoms with Crippen molar-refractivity contribution < 1.29 is 19.4 Å². The maximum atomic E-state index is 12.2. The lowest BCUT2D eigenvalue weighted by molar-refractivity contribution is 0.0926. The van der Waals surface area contributed by atoms with E-state index in [0.717, 1.165) is 0 Å². The van der Waals surface area contributed by atoms with Crippen molar-refractivity contribution >= 4 is 18.3 Å². The summed E-state index contributed by atoms with van der Waals surface area (Å²) in [6, 6.07) is 5.01. The van der Waals surface area contributed by atoms with Crippen molar-refractivity contribution in [3.8, 4) is 11.5 Å². The van der Waals surface area contributed by atoms with Crippen molar-refractivity contribution in [2.24, 2.45) is 5.92 Å². The van der Waals surface area contributed by atoms with Gasteiger partial charge in [0.1, 0.15) is 6.61 Å². The molecule has 1 heterocycles. The summed E-state index contributed by atoms with van der Waals surface area (Å²) >= 11 is 0. The summed E-state index contributed by atoms with van der Waals surface area (Å²) < 4.78 is 10.7. The molecule has 0 aromatic heterocycles. The van der Waals surface area contributed by atoms with E-state index in [1.165, 1.54) is 7.11 Å². The number of methoxy groups -OCH3 is 1. The third-order valence-electron chi connectivity index (χ3n) is 3.61. The molecule has 128 valence electrons. The predicted octanol–water partition coefficient (Wildman–Crippen LogP) is 0.992. The van der Waals surface area contributed by atoms with Crippen LogP contribution in [0, 0.1) is 5.92 Å². The lowest BCUT2D eigenvalue weighted by Gasteiger charge is -2.15. The van der Waals surface area contributed by atoms with Crippen molar-refractivity contribution in [3.63, 3.8) is 0 Å². The van der Waals surface area contributed by atoms with Crippen LogP contribution in [0.2, 0.25) is 0 Å². The zero-order chi connectivity index (χ0) is 15.9. The first-order valence-corrected chi connectivity index (χ1v) is 7.24. The molecular formula is C16H23ClN2O4. The second-order valence-electron chi connectivity index (χ2n) is 5.16. The second kappa shape index (κ2) is 9.39. The van der Waals surface area contributed by atoms with Gasteiger partial charge in [0.2, 0.25) is 0 Å². The number of rotatable bonds is 7. The molecule has 23 heavy (non-hydrogen) atoms. The molecule has 2 atom stereocenters. The van der Waals surface area contributed by atoms with Crippen LogP contribution in [0.5, 0.6) is 11.5 Å². The Morgan fingerprint density at radius 2 is 2.26 bits per heavy atom. The van der Waals surface area contributed by atoms with Gasteiger partial charge >= 0.3 is 0 Å². The van der Waals surface area contributed by atoms with Crippen LogP contribution in [-0.2, 0) is 0 Å². The van der Waals surface area contributed by atoms with Gasteiger partial charge in [-0.2, -0.15) is 0 Å². The Kier molecular flexibility index (Phi) is 7.88. The molecule has 1 aromatic rings. The lowest BCUT2D eigenvalue weighted by atomic mass is 10.1. The average Bonchev–Trinajstić information content (AvgIpc) is 2.95. The van der Waals surface area contributed by atoms with E-state index in [2.05, 4.69) is 17.2 Å². The number of benzene rings is 1. The average molecular weight is 343 g/mol. The summed E-state index contributed by atoms with van der Waals surface area (Å²) in [6.45, 7) is 5.67. The van der Waals surface area contributed by atoms with E-state index < -0.39 is 6.10 Å². The third kappa shape index (κ3) is 5.13. The van der Waals surface area contributed by atoms with Gasteiger partial charge in [-0.15, -0.1) is 12.4 Å². The minimum Gasteiger partial charge on any atom is -0.493 e. The van der Waals surface area contributed by atoms with Crippen LogP contribution >= 0.6 is 12.4 Å². The molecule has 2 unspecified atom stereocenters. The number of halogens is 1. The Hall–Kier alpha value is -1.76. The van der Waals surface area contributed by atoms with E-state index in [9.17, 15) is 9.90 Å². The number of nitrogens with one attached hydrogen (secondary N) is 2. The number of hydrogen-bond acceptors (Lipinski definition) is 5. The first-order valence-electron chi connectivity index (χ1n) is 7.24. The van der Waals surface area contributed by atoms with Crippen molar-refractivity contribution in [3.05, 3.63) is 36.4 Å². The van der Waals surface area contributed by atoms with Gasteiger partial charge in [-0.3, -0.25) is 4.79 Å². The molecule has 1 saturated heterocycles. The minimum absolute atomic E-state index is 0. The minimum atomic E-state index is -0.412. The first-order chi connectivity index (χ1) is 10.7. The van der Waals surface area contributed by atoms with Crippen LogP contribution in [0.15, 0.2) is 30.9 Å². The van der Waals surface area contributed by atoms with Crippen LogP contribution < -0.4 is 20.1 Å². The number of aliphatic hydroxyl groups is 1. The van der Waals surface area contributed by atoms with Gasteiger partial charge in [0.05, 0.1) is 13.2 Å². The van der Waals surface area contributed by atoms with Gasteiger partial charge in [0.15, 0.2) is 11.5 Å². The summed E-state index contributed by atoms with van der Waals surface area (Å²) in [6.07, 6.45) is 1.23. The molecule has 1 amide bonds. The van der Waals surface area contributed by atoms with Crippen molar-refractivity contribution in [2.45, 2.75) is 6.10 Å². The Morgan fingerprint density at radius 3 is 2.87 bits per heavy atom. The normalized spacial score (nSPS) is 19.6. The molecule has 1 aliphatic rings. The SMILES string of the molecule is C=CCOc1ccc(C(=O)NCC2CNCC2O)cc1OC.Cl. The molecule has 6 nitrogen and oxygen atoms in total. The Morgan fingerprint density at radius 1 is 1.48 bits per heavy atom. The molecule has 0 spiro atoms. The second-order valence-corrected chi connectivity index (χ2v) is 5.16. The van der Waals surface area contributed by atoms with Gasteiger partial charge < -0.3 is 25.2 Å². The molecule has 0 bridgehead atoms. The predicted molar refractivity (Wildman–Crippen MR) is 90.6 cm³/mol. The maximum Gasteiger partial charge on any atom is 0.251 e. The Bertz CT molecular complexity index is 539. The van der Waals surface area contributed by atoms with E-state index in [-0.39, 0.29) is 24.2 Å². The lowest BCUT2D eigenvalue weighted by Crippen LogP contribution is -2.34. The summed E-state index contributed by atoms with van der Waals surface area (Å²) in [7, 11) is 1.53. The van der Waals surface area contributed by atoms with Crippen molar-refractivity contribution in [1.29, 1.82) is 0 Å². The fourth-order valence-corrected chi connectivity index (χ4v) is 2.33.